The smallest absolute Gasteiger partial charge is 0.272 e. The number of anilines is 1. The lowest BCUT2D eigenvalue weighted by Crippen LogP contribution is -2.50. The molecule has 3 aromatic rings. The maximum Gasteiger partial charge on any atom is 0.272 e. The van der Waals surface area contributed by atoms with Gasteiger partial charge in [-0.2, -0.15) is 8.61 Å². The Balaban J connectivity index is 1.43. The van der Waals surface area contributed by atoms with Gasteiger partial charge in [0.05, 0.1) is 4.90 Å². The van der Waals surface area contributed by atoms with Crippen molar-refractivity contribution in [2.24, 2.45) is 0 Å². The summed E-state index contributed by atoms with van der Waals surface area (Å²) in [5.41, 5.74) is 2.17. The summed E-state index contributed by atoms with van der Waals surface area (Å²) in [6.45, 7) is 3.67. The lowest BCUT2D eigenvalue weighted by molar-refractivity contribution is 0.102. The number of piperazine rings is 1. The number of benzene rings is 2. The van der Waals surface area contributed by atoms with E-state index in [1.807, 2.05) is 13.0 Å². The van der Waals surface area contributed by atoms with Crippen LogP contribution in [-0.4, -0.2) is 67.7 Å². The molecule has 2 heterocycles. The van der Waals surface area contributed by atoms with Gasteiger partial charge in [0, 0.05) is 31.7 Å². The van der Waals surface area contributed by atoms with Gasteiger partial charge in [-0.05, 0) is 37.6 Å². The third-order valence-corrected chi connectivity index (χ3v) is 10.4. The zero-order chi connectivity index (χ0) is 24.5. The molecule has 180 valence electrons. The van der Waals surface area contributed by atoms with Crippen LogP contribution in [0.25, 0.3) is 0 Å². The molecule has 10 nitrogen and oxygen atoms in total. The van der Waals surface area contributed by atoms with E-state index in [0.717, 1.165) is 22.5 Å². The Labute approximate surface area is 202 Å². The fraction of sp³-hybridized carbons (Fsp3) is 0.286. The molecule has 13 heteroatoms. The van der Waals surface area contributed by atoms with Gasteiger partial charge in [-0.25, -0.2) is 16.8 Å². The molecule has 0 saturated carbocycles. The predicted octanol–water partition coefficient (Wildman–Crippen LogP) is 2.10. The molecule has 0 aliphatic carbocycles. The zero-order valence-corrected chi connectivity index (χ0v) is 21.0. The number of carbonyl (C=O) groups excluding carboxylic acids is 1. The molecule has 2 aromatic carbocycles. The SMILES string of the molecule is Cc1ccc(S(=O)(=O)N2CCN(S(=O)(=O)c3nnc(NC(=O)c4ccccc4C)s3)CC2)cc1. The van der Waals surface area contributed by atoms with Gasteiger partial charge in [0.1, 0.15) is 0 Å². The highest BCUT2D eigenvalue weighted by molar-refractivity contribution is 7.91. The Hall–Kier alpha value is -2.71. The first-order chi connectivity index (χ1) is 16.1. The summed E-state index contributed by atoms with van der Waals surface area (Å²) in [5, 5.41) is 10.2. The molecule has 1 aliphatic rings. The van der Waals surface area contributed by atoms with Crippen molar-refractivity contribution in [1.82, 2.24) is 18.8 Å². The molecule has 0 radical (unpaired) electrons. The Bertz CT molecular complexity index is 1410. The molecule has 0 atom stereocenters. The number of rotatable bonds is 6. The number of aromatic nitrogens is 2. The van der Waals surface area contributed by atoms with Crippen molar-refractivity contribution < 1.29 is 21.6 Å². The van der Waals surface area contributed by atoms with E-state index in [0.29, 0.717) is 5.56 Å². The third kappa shape index (κ3) is 4.88. The molecule has 4 rings (SSSR count). The van der Waals surface area contributed by atoms with Crippen LogP contribution in [-0.2, 0) is 20.0 Å². The van der Waals surface area contributed by atoms with Crippen LogP contribution in [0, 0.1) is 13.8 Å². The molecule has 1 saturated heterocycles. The summed E-state index contributed by atoms with van der Waals surface area (Å²) in [6.07, 6.45) is 0. The fourth-order valence-electron chi connectivity index (χ4n) is 3.48. The zero-order valence-electron chi connectivity index (χ0n) is 18.5. The minimum absolute atomic E-state index is 0.0160. The largest absolute Gasteiger partial charge is 0.296 e. The first-order valence-corrected chi connectivity index (χ1v) is 14.1. The quantitative estimate of drug-likeness (QED) is 0.492. The van der Waals surface area contributed by atoms with E-state index in [2.05, 4.69) is 15.5 Å². The first-order valence-electron chi connectivity index (χ1n) is 10.4. The average Bonchev–Trinajstić information content (AvgIpc) is 3.29. The fourth-order valence-corrected chi connectivity index (χ4v) is 7.35. The standard InChI is InChI=1S/C21H23N5O5S3/c1-15-7-9-17(10-8-15)33(28,29)25-11-13-26(14-12-25)34(30,31)21-24-23-20(32-21)22-19(27)18-6-4-3-5-16(18)2/h3-10H,11-14H2,1-2H3,(H,22,23,27). The van der Waals surface area contributed by atoms with E-state index in [1.165, 1.54) is 8.61 Å². The van der Waals surface area contributed by atoms with Crippen LogP contribution >= 0.6 is 11.3 Å². The van der Waals surface area contributed by atoms with Crippen molar-refractivity contribution in [3.8, 4) is 0 Å². The highest BCUT2D eigenvalue weighted by atomic mass is 32.2. The van der Waals surface area contributed by atoms with Crippen LogP contribution in [0.5, 0.6) is 0 Å². The van der Waals surface area contributed by atoms with Crippen molar-refractivity contribution >= 4 is 42.4 Å². The topological polar surface area (TPSA) is 130 Å². The van der Waals surface area contributed by atoms with Crippen molar-refractivity contribution in [3.05, 3.63) is 65.2 Å². The van der Waals surface area contributed by atoms with Gasteiger partial charge in [-0.15, -0.1) is 10.2 Å². The van der Waals surface area contributed by atoms with Gasteiger partial charge >= 0.3 is 0 Å². The van der Waals surface area contributed by atoms with Gasteiger partial charge in [-0.3, -0.25) is 10.1 Å². The molecule has 0 spiro atoms. The van der Waals surface area contributed by atoms with Crippen molar-refractivity contribution in [2.45, 2.75) is 23.1 Å². The number of hydrogen-bond donors (Lipinski definition) is 1. The van der Waals surface area contributed by atoms with Gasteiger partial charge in [0.2, 0.25) is 19.5 Å². The summed E-state index contributed by atoms with van der Waals surface area (Å²) >= 11 is 0.751. The van der Waals surface area contributed by atoms with Gasteiger partial charge in [0.15, 0.2) is 0 Å². The van der Waals surface area contributed by atoms with Crippen molar-refractivity contribution in [3.63, 3.8) is 0 Å². The van der Waals surface area contributed by atoms with Crippen molar-refractivity contribution in [1.29, 1.82) is 0 Å². The maximum atomic E-state index is 13.0. The Morgan fingerprint density at radius 2 is 1.44 bits per heavy atom. The number of aryl methyl sites for hydroxylation is 2. The molecule has 0 unspecified atom stereocenters. The van der Waals surface area contributed by atoms with E-state index >= 15 is 0 Å². The number of nitrogens with zero attached hydrogens (tertiary/aromatic N) is 4. The van der Waals surface area contributed by atoms with E-state index in [9.17, 15) is 21.6 Å². The lowest BCUT2D eigenvalue weighted by atomic mass is 10.1. The second-order valence-electron chi connectivity index (χ2n) is 7.76. The summed E-state index contributed by atoms with van der Waals surface area (Å²) in [7, 11) is -7.70. The summed E-state index contributed by atoms with van der Waals surface area (Å²) < 4.78 is 54.0. The van der Waals surface area contributed by atoms with Gasteiger partial charge in [0.25, 0.3) is 15.9 Å². The second-order valence-corrected chi connectivity index (χ2v) is 12.8. The number of nitrogens with one attached hydrogen (secondary N) is 1. The maximum absolute atomic E-state index is 13.0. The minimum atomic E-state index is -3.98. The summed E-state index contributed by atoms with van der Waals surface area (Å²) in [4.78, 5) is 12.6. The molecule has 34 heavy (non-hydrogen) atoms. The van der Waals surface area contributed by atoms with Crippen molar-refractivity contribution in [2.75, 3.05) is 31.5 Å². The molecule has 1 amide bonds. The Kier molecular flexibility index (Phi) is 6.82. The van der Waals surface area contributed by atoms with Gasteiger partial charge < -0.3 is 0 Å². The highest BCUT2D eigenvalue weighted by Gasteiger charge is 2.35. The molecule has 1 fully saturated rings. The van der Waals surface area contributed by atoms with Crippen LogP contribution in [0.3, 0.4) is 0 Å². The lowest BCUT2D eigenvalue weighted by Gasteiger charge is -2.32. The molecule has 1 aromatic heterocycles. The third-order valence-electron chi connectivity index (χ3n) is 5.43. The molecule has 1 N–H and O–H groups in total. The Morgan fingerprint density at radius 3 is 2.06 bits per heavy atom. The van der Waals surface area contributed by atoms with E-state index in [-0.39, 0.29) is 40.5 Å². The number of hydrogen-bond acceptors (Lipinski definition) is 8. The first kappa shape index (κ1) is 24.4. The summed E-state index contributed by atoms with van der Waals surface area (Å²) in [5.74, 6) is -0.409. The highest BCUT2D eigenvalue weighted by Crippen LogP contribution is 2.26. The van der Waals surface area contributed by atoms with E-state index < -0.39 is 26.0 Å². The summed E-state index contributed by atoms with van der Waals surface area (Å²) in [6, 6.07) is 13.5. The van der Waals surface area contributed by atoms with E-state index in [4.69, 9.17) is 0 Å². The second kappa shape index (κ2) is 9.50. The monoisotopic (exact) mass is 521 g/mol. The van der Waals surface area contributed by atoms with Crippen LogP contribution in [0.4, 0.5) is 5.13 Å². The predicted molar refractivity (Wildman–Crippen MR) is 128 cm³/mol. The molecular formula is C21H23N5O5S3. The van der Waals surface area contributed by atoms with Crippen LogP contribution in [0.1, 0.15) is 21.5 Å². The number of amides is 1. The molecule has 0 bridgehead atoms. The molecular weight excluding hydrogens is 498 g/mol. The molecule has 1 aliphatic heterocycles. The van der Waals surface area contributed by atoms with Crippen LogP contribution < -0.4 is 5.32 Å². The van der Waals surface area contributed by atoms with Gasteiger partial charge in [-0.1, -0.05) is 47.2 Å². The average molecular weight is 522 g/mol. The normalized spacial score (nSPS) is 15.8. The Morgan fingerprint density at radius 1 is 0.853 bits per heavy atom. The number of carbonyl (C=O) groups is 1. The number of sulfonamides is 2. The van der Waals surface area contributed by atoms with Crippen LogP contribution in [0.2, 0.25) is 0 Å². The van der Waals surface area contributed by atoms with Crippen LogP contribution in [0.15, 0.2) is 57.8 Å². The minimum Gasteiger partial charge on any atom is -0.296 e. The van der Waals surface area contributed by atoms with E-state index in [1.54, 1.807) is 49.4 Å².